The Balaban J connectivity index is 2.00. The first kappa shape index (κ1) is 28.5. The molecule has 9 nitrogen and oxygen atoms in total. The van der Waals surface area contributed by atoms with Crippen molar-refractivity contribution in [3.8, 4) is 22.3 Å². The third kappa shape index (κ3) is 5.22. The highest BCUT2D eigenvalue weighted by molar-refractivity contribution is 9.10. The van der Waals surface area contributed by atoms with Gasteiger partial charge in [-0.2, -0.15) is 21.6 Å². The van der Waals surface area contributed by atoms with Crippen LogP contribution in [0.1, 0.15) is 35.2 Å². The van der Waals surface area contributed by atoms with Gasteiger partial charge in [0.1, 0.15) is 5.82 Å². The number of aromatic nitrogens is 2. The Labute approximate surface area is 231 Å². The van der Waals surface area contributed by atoms with E-state index in [1.165, 1.54) is 30.7 Å². The number of nitrogens with one attached hydrogen (secondary N) is 1. The maximum atomic E-state index is 13.2. The van der Waals surface area contributed by atoms with Crippen LogP contribution in [0, 0.1) is 0 Å². The average molecular weight is 628 g/mol. The van der Waals surface area contributed by atoms with Crippen molar-refractivity contribution < 1.29 is 30.8 Å². The number of aryl methyl sites for hydroxylation is 1. The van der Waals surface area contributed by atoms with Gasteiger partial charge in [-0.05, 0) is 45.6 Å². The van der Waals surface area contributed by atoms with Crippen molar-refractivity contribution in [3.63, 3.8) is 0 Å². The number of para-hydroxylation sites is 1. The Morgan fingerprint density at radius 1 is 1.18 bits per heavy atom. The van der Waals surface area contributed by atoms with Crippen molar-refractivity contribution in [1.29, 1.82) is 0 Å². The molecule has 2 aromatic rings. The van der Waals surface area contributed by atoms with Gasteiger partial charge in [0.15, 0.2) is 11.5 Å². The molecule has 0 unspecified atom stereocenters. The van der Waals surface area contributed by atoms with Crippen LogP contribution < -0.4 is 15.4 Å². The summed E-state index contributed by atoms with van der Waals surface area (Å²) in [6, 6.07) is 7.45. The molecule has 3 N–H and O–H groups in total. The molecule has 1 aliphatic carbocycles. The number of alkyl halides is 3. The minimum absolute atomic E-state index is 0.0657. The molecule has 1 aromatic carbocycles. The minimum Gasteiger partial charge on any atom is -0.472 e. The summed E-state index contributed by atoms with van der Waals surface area (Å²) in [6.07, 6.45) is 4.17. The van der Waals surface area contributed by atoms with E-state index in [9.17, 15) is 26.4 Å². The summed E-state index contributed by atoms with van der Waals surface area (Å²) < 4.78 is 72.9. The quantitative estimate of drug-likeness (QED) is 0.255. The smallest absolute Gasteiger partial charge is 0.472 e. The molecule has 14 heteroatoms. The zero-order chi connectivity index (χ0) is 28.7. The van der Waals surface area contributed by atoms with Crippen LogP contribution in [0.15, 0.2) is 51.7 Å². The van der Waals surface area contributed by atoms with Crippen LogP contribution >= 0.6 is 15.9 Å². The van der Waals surface area contributed by atoms with Crippen LogP contribution in [0.5, 0.6) is 0 Å². The molecular weight excluding hydrogens is 603 g/mol. The predicted octanol–water partition coefficient (Wildman–Crippen LogP) is 5.44. The van der Waals surface area contributed by atoms with Crippen LogP contribution in [0.25, 0.3) is 22.3 Å². The van der Waals surface area contributed by atoms with Crippen LogP contribution in [-0.2, 0) is 23.0 Å². The first-order chi connectivity index (χ1) is 18.3. The number of nitrogens with two attached hydrogens (primary N) is 1. The number of sulfonamides is 1. The molecule has 2 aliphatic rings. The van der Waals surface area contributed by atoms with Gasteiger partial charge < -0.3 is 19.6 Å². The van der Waals surface area contributed by atoms with E-state index >= 15 is 0 Å². The largest absolute Gasteiger partial charge is 0.516 e. The Bertz CT molecular complexity index is 1610. The SMILES string of the molecule is CCCc1nc(N(C)C)c(C(N)=O)n1Cc1c2ccocc-2c(Br)c1-c1ccccc1NS(=O)(=O)C(F)(F)F. The number of carbonyl (C=O) groups excluding carboxylic acids is 1. The maximum absolute atomic E-state index is 13.2. The second kappa shape index (κ2) is 10.6. The van der Waals surface area contributed by atoms with Crippen LogP contribution in [0.2, 0.25) is 0 Å². The monoisotopic (exact) mass is 627 g/mol. The van der Waals surface area contributed by atoms with Crippen molar-refractivity contribution in [2.45, 2.75) is 31.8 Å². The standard InChI is InChI=1S/C25H25BrF3N5O4S/c1-4-7-19-31-24(33(2)3)22(23(30)35)34(19)12-16-14-10-11-38-13-17(14)21(26)20(16)15-8-5-6-9-18(15)32-39(36,37)25(27,28)29/h5-6,8-11,13,32H,4,7,12H2,1-3H3,(H2,30,35). The molecule has 4 rings (SSSR count). The Kier molecular flexibility index (Phi) is 7.72. The maximum Gasteiger partial charge on any atom is 0.516 e. The zero-order valence-corrected chi connectivity index (χ0v) is 23.5. The van der Waals surface area contributed by atoms with Gasteiger partial charge in [0.05, 0.1) is 24.8 Å². The first-order valence-electron chi connectivity index (χ1n) is 11.7. The Hall–Kier alpha value is -3.52. The predicted molar refractivity (Wildman–Crippen MR) is 145 cm³/mol. The fraction of sp³-hybridized carbons (Fsp3) is 0.280. The van der Waals surface area contributed by atoms with Crippen molar-refractivity contribution >= 4 is 43.4 Å². The van der Waals surface area contributed by atoms with E-state index in [1.807, 2.05) is 6.92 Å². The van der Waals surface area contributed by atoms with Gasteiger partial charge in [0, 0.05) is 41.7 Å². The number of fused-ring (bicyclic) bond motifs is 1. The summed E-state index contributed by atoms with van der Waals surface area (Å²) in [5.74, 6) is 0.284. The van der Waals surface area contributed by atoms with Gasteiger partial charge in [-0.1, -0.05) is 25.1 Å². The number of halogens is 4. The number of hydrogen-bond acceptors (Lipinski definition) is 6. The highest BCUT2D eigenvalue weighted by Crippen LogP contribution is 2.48. The lowest BCUT2D eigenvalue weighted by Gasteiger charge is -2.17. The van der Waals surface area contributed by atoms with E-state index in [0.29, 0.717) is 44.8 Å². The zero-order valence-electron chi connectivity index (χ0n) is 21.1. The topological polar surface area (TPSA) is 123 Å². The van der Waals surface area contributed by atoms with Crippen LogP contribution in [0.4, 0.5) is 24.7 Å². The number of benzene rings is 1. The number of rotatable bonds is 9. The van der Waals surface area contributed by atoms with E-state index in [4.69, 9.17) is 10.2 Å². The second-order valence-electron chi connectivity index (χ2n) is 8.94. The van der Waals surface area contributed by atoms with Gasteiger partial charge in [0.2, 0.25) is 0 Å². The third-order valence-corrected chi connectivity index (χ3v) is 8.01. The summed E-state index contributed by atoms with van der Waals surface area (Å²) in [6.45, 7) is 2.03. The number of imidazole rings is 1. The molecule has 0 fully saturated rings. The van der Waals surface area contributed by atoms with Crippen molar-refractivity contribution in [2.75, 3.05) is 23.7 Å². The van der Waals surface area contributed by atoms with E-state index in [1.54, 1.807) is 40.4 Å². The normalized spacial score (nSPS) is 12.2. The van der Waals surface area contributed by atoms with E-state index in [-0.39, 0.29) is 23.5 Å². The van der Waals surface area contributed by atoms with E-state index < -0.39 is 21.4 Å². The first-order valence-corrected chi connectivity index (χ1v) is 14.0. The second-order valence-corrected chi connectivity index (χ2v) is 11.4. The molecule has 0 radical (unpaired) electrons. The molecule has 208 valence electrons. The van der Waals surface area contributed by atoms with Crippen LogP contribution in [0.3, 0.4) is 0 Å². The summed E-state index contributed by atoms with van der Waals surface area (Å²) in [4.78, 5) is 18.9. The molecule has 1 aliphatic heterocycles. The molecule has 2 heterocycles. The minimum atomic E-state index is -5.70. The summed E-state index contributed by atoms with van der Waals surface area (Å²) in [5.41, 5.74) is 2.65. The number of nitrogens with zero attached hydrogens (tertiary/aromatic N) is 3. The van der Waals surface area contributed by atoms with Gasteiger partial charge in [0.25, 0.3) is 5.91 Å². The molecule has 0 atom stereocenters. The lowest BCUT2D eigenvalue weighted by atomic mass is 10.0. The lowest BCUT2D eigenvalue weighted by molar-refractivity contribution is -0.0429. The molecule has 1 aromatic heterocycles. The fourth-order valence-electron chi connectivity index (χ4n) is 4.42. The van der Waals surface area contributed by atoms with Crippen molar-refractivity contribution in [3.05, 3.63) is 64.4 Å². The Morgan fingerprint density at radius 3 is 2.49 bits per heavy atom. The number of hydrogen-bond donors (Lipinski definition) is 2. The summed E-state index contributed by atoms with van der Waals surface area (Å²) >= 11 is 3.55. The molecule has 39 heavy (non-hydrogen) atoms. The molecule has 0 saturated heterocycles. The number of primary amides is 1. The fourth-order valence-corrected chi connectivity index (χ4v) is 5.77. The molecular formula is C25H25BrF3N5O4S. The number of carbonyl (C=O) groups is 1. The number of amides is 1. The molecule has 1 amide bonds. The summed E-state index contributed by atoms with van der Waals surface area (Å²) in [5, 5.41) is 0. The lowest BCUT2D eigenvalue weighted by Crippen LogP contribution is -2.30. The van der Waals surface area contributed by atoms with Crippen molar-refractivity contribution in [1.82, 2.24) is 9.55 Å². The number of anilines is 2. The van der Waals surface area contributed by atoms with E-state index in [2.05, 4.69) is 20.9 Å². The molecule has 0 bridgehead atoms. The molecule has 0 spiro atoms. The highest BCUT2D eigenvalue weighted by atomic mass is 79.9. The third-order valence-electron chi connectivity index (χ3n) is 6.09. The van der Waals surface area contributed by atoms with Gasteiger partial charge in [-0.15, -0.1) is 0 Å². The van der Waals surface area contributed by atoms with Crippen LogP contribution in [-0.4, -0.2) is 43.5 Å². The highest BCUT2D eigenvalue weighted by Gasteiger charge is 2.46. The van der Waals surface area contributed by atoms with Gasteiger partial charge in [-0.3, -0.25) is 9.52 Å². The average Bonchev–Trinajstić information content (AvgIpc) is 3.35. The molecule has 0 saturated carbocycles. The van der Waals surface area contributed by atoms with E-state index in [0.717, 1.165) is 6.42 Å². The Morgan fingerprint density at radius 2 is 1.87 bits per heavy atom. The van der Waals surface area contributed by atoms with Crippen molar-refractivity contribution in [2.24, 2.45) is 5.73 Å². The van der Waals surface area contributed by atoms with Gasteiger partial charge in [-0.25, -0.2) is 4.98 Å². The van der Waals surface area contributed by atoms with Gasteiger partial charge >= 0.3 is 15.5 Å². The summed E-state index contributed by atoms with van der Waals surface area (Å²) in [7, 11) is -2.23.